The van der Waals surface area contributed by atoms with Crippen molar-refractivity contribution in [1.82, 2.24) is 9.97 Å². The third-order valence-corrected chi connectivity index (χ3v) is 2.36. The minimum absolute atomic E-state index is 0.387. The van der Waals surface area contributed by atoms with E-state index in [9.17, 15) is 4.79 Å². The summed E-state index contributed by atoms with van der Waals surface area (Å²) in [6, 6.07) is 1.67. The van der Waals surface area contributed by atoms with Crippen molar-refractivity contribution in [3.63, 3.8) is 0 Å². The smallest absolute Gasteiger partial charge is 0.339 e. The summed E-state index contributed by atoms with van der Waals surface area (Å²) >= 11 is 1.44. The van der Waals surface area contributed by atoms with Crippen LogP contribution in [0.2, 0.25) is 0 Å². The van der Waals surface area contributed by atoms with E-state index < -0.39 is 0 Å². The van der Waals surface area contributed by atoms with Crippen LogP contribution < -0.4 is 0 Å². The lowest BCUT2D eigenvalue weighted by molar-refractivity contribution is 0.0600. The molecule has 0 radical (unpaired) electrons. The summed E-state index contributed by atoms with van der Waals surface area (Å²) in [5.74, 6) is -0.387. The first-order chi connectivity index (χ1) is 6.31. The van der Waals surface area contributed by atoms with Crippen molar-refractivity contribution in [3.05, 3.63) is 23.3 Å². The average molecular weight is 194 g/mol. The van der Waals surface area contributed by atoms with E-state index in [0.29, 0.717) is 5.56 Å². The van der Waals surface area contributed by atoms with Gasteiger partial charge >= 0.3 is 5.97 Å². The van der Waals surface area contributed by atoms with Gasteiger partial charge in [0.05, 0.1) is 18.2 Å². The molecule has 0 N–H and O–H groups in total. The Bertz CT molecular complexity index is 452. The number of rotatable bonds is 1. The number of hydrogen-bond donors (Lipinski definition) is 0. The van der Waals surface area contributed by atoms with Gasteiger partial charge in [0.1, 0.15) is 10.3 Å². The van der Waals surface area contributed by atoms with Crippen molar-refractivity contribution in [2.75, 3.05) is 7.11 Å². The number of thiazole rings is 1. The van der Waals surface area contributed by atoms with Gasteiger partial charge in [0, 0.05) is 6.20 Å². The summed E-state index contributed by atoms with van der Waals surface area (Å²) in [5.41, 5.74) is 2.85. The molecule has 13 heavy (non-hydrogen) atoms. The summed E-state index contributed by atoms with van der Waals surface area (Å²) in [4.78, 5) is 20.0. The summed E-state index contributed by atoms with van der Waals surface area (Å²) in [6.45, 7) is 0. The van der Waals surface area contributed by atoms with Crippen LogP contribution in [0, 0.1) is 0 Å². The molecule has 0 atom stereocenters. The fourth-order valence-electron chi connectivity index (χ4n) is 0.986. The monoisotopic (exact) mass is 194 g/mol. The van der Waals surface area contributed by atoms with Gasteiger partial charge in [0.25, 0.3) is 0 Å². The first kappa shape index (κ1) is 8.12. The average Bonchev–Trinajstić information content (AvgIpc) is 2.63. The highest BCUT2D eigenvalue weighted by atomic mass is 32.1. The van der Waals surface area contributed by atoms with Crippen molar-refractivity contribution in [2.24, 2.45) is 0 Å². The lowest BCUT2D eigenvalue weighted by Crippen LogP contribution is -2.01. The van der Waals surface area contributed by atoms with Crippen LogP contribution in [0.25, 0.3) is 10.3 Å². The van der Waals surface area contributed by atoms with Gasteiger partial charge in [0.2, 0.25) is 0 Å². The number of nitrogens with zero attached hydrogens (tertiary/aromatic N) is 2. The number of hydrogen-bond acceptors (Lipinski definition) is 5. The zero-order valence-electron chi connectivity index (χ0n) is 6.85. The van der Waals surface area contributed by atoms with Crippen molar-refractivity contribution >= 4 is 27.7 Å². The number of methoxy groups -OCH3 is 1. The van der Waals surface area contributed by atoms with E-state index in [1.54, 1.807) is 11.6 Å². The molecule has 0 saturated heterocycles. The number of aromatic nitrogens is 2. The van der Waals surface area contributed by atoms with Crippen molar-refractivity contribution in [2.45, 2.75) is 0 Å². The minimum Gasteiger partial charge on any atom is -0.465 e. The number of ether oxygens (including phenoxy) is 1. The molecule has 0 bridgehead atoms. The van der Waals surface area contributed by atoms with E-state index in [0.717, 1.165) is 10.3 Å². The predicted octanol–water partition coefficient (Wildman–Crippen LogP) is 1.48. The Balaban J connectivity index is 2.54. The Hall–Kier alpha value is -1.49. The Morgan fingerprint density at radius 1 is 1.54 bits per heavy atom. The molecule has 0 amide bonds. The minimum atomic E-state index is -0.387. The lowest BCUT2D eigenvalue weighted by atomic mass is 10.3. The first-order valence-electron chi connectivity index (χ1n) is 3.59. The molecule has 2 heterocycles. The van der Waals surface area contributed by atoms with Crippen molar-refractivity contribution in [1.29, 1.82) is 0 Å². The molecule has 0 aliphatic heterocycles. The fourth-order valence-corrected chi connectivity index (χ4v) is 1.60. The van der Waals surface area contributed by atoms with E-state index in [2.05, 4.69) is 14.7 Å². The van der Waals surface area contributed by atoms with Crippen LogP contribution in [-0.2, 0) is 4.74 Å². The second kappa shape index (κ2) is 3.10. The molecule has 2 aromatic rings. The molecule has 66 valence electrons. The van der Waals surface area contributed by atoms with Crippen LogP contribution in [0.15, 0.2) is 17.8 Å². The molecule has 0 aliphatic carbocycles. The number of esters is 1. The number of fused-ring (bicyclic) bond motifs is 1. The second-order valence-electron chi connectivity index (χ2n) is 2.39. The molecule has 2 aromatic heterocycles. The maximum absolute atomic E-state index is 11.1. The van der Waals surface area contributed by atoms with E-state index >= 15 is 0 Å². The Kier molecular flexibility index (Phi) is 1.94. The number of carbonyl (C=O) groups excluding carboxylic acids is 1. The highest BCUT2D eigenvalue weighted by Crippen LogP contribution is 2.15. The Morgan fingerprint density at radius 2 is 2.38 bits per heavy atom. The van der Waals surface area contributed by atoms with Crippen LogP contribution in [0.1, 0.15) is 10.4 Å². The maximum Gasteiger partial charge on any atom is 0.339 e. The third-order valence-electron chi connectivity index (χ3n) is 1.61. The highest BCUT2D eigenvalue weighted by molar-refractivity contribution is 7.16. The fraction of sp³-hybridized carbons (Fsp3) is 0.125. The largest absolute Gasteiger partial charge is 0.465 e. The lowest BCUT2D eigenvalue weighted by Gasteiger charge is -1.96. The summed E-state index contributed by atoms with van der Waals surface area (Å²) in [6.07, 6.45) is 1.49. The number of pyridine rings is 1. The summed E-state index contributed by atoms with van der Waals surface area (Å²) in [5, 5.41) is 0. The first-order valence-corrected chi connectivity index (χ1v) is 4.47. The molecular formula is C8H6N2O2S. The van der Waals surface area contributed by atoms with Gasteiger partial charge in [-0.3, -0.25) is 0 Å². The highest BCUT2D eigenvalue weighted by Gasteiger charge is 2.07. The van der Waals surface area contributed by atoms with E-state index in [1.165, 1.54) is 24.6 Å². The second-order valence-corrected chi connectivity index (χ2v) is 3.23. The molecule has 0 fully saturated rings. The Labute approximate surface area is 78.2 Å². The van der Waals surface area contributed by atoms with Gasteiger partial charge in [-0.25, -0.2) is 14.8 Å². The summed E-state index contributed by atoms with van der Waals surface area (Å²) < 4.78 is 4.56. The van der Waals surface area contributed by atoms with Gasteiger partial charge in [0.15, 0.2) is 0 Å². The van der Waals surface area contributed by atoms with Crippen molar-refractivity contribution in [3.8, 4) is 0 Å². The molecule has 0 saturated carbocycles. The molecule has 0 aliphatic rings. The van der Waals surface area contributed by atoms with Gasteiger partial charge < -0.3 is 4.74 Å². The molecule has 0 unspecified atom stereocenters. The van der Waals surface area contributed by atoms with Crippen LogP contribution in [0.4, 0.5) is 0 Å². The van der Waals surface area contributed by atoms with Crippen LogP contribution in [0.5, 0.6) is 0 Å². The standard InChI is InChI=1S/C8H6N2O2S/c1-12-8(11)5-2-6-7(9-3-5)13-4-10-6/h2-4H,1H3. The third kappa shape index (κ3) is 1.38. The molecular weight excluding hydrogens is 188 g/mol. The van der Waals surface area contributed by atoms with Crippen LogP contribution >= 0.6 is 11.3 Å². The maximum atomic E-state index is 11.1. The topological polar surface area (TPSA) is 52.1 Å². The van der Waals surface area contributed by atoms with Crippen molar-refractivity contribution < 1.29 is 9.53 Å². The van der Waals surface area contributed by atoms with Crippen LogP contribution in [-0.4, -0.2) is 23.0 Å². The molecule has 0 spiro atoms. The normalized spacial score (nSPS) is 10.2. The molecule has 5 heteroatoms. The quantitative estimate of drug-likeness (QED) is 0.645. The van der Waals surface area contributed by atoms with E-state index in [4.69, 9.17) is 0 Å². The predicted molar refractivity (Wildman–Crippen MR) is 48.8 cm³/mol. The zero-order valence-corrected chi connectivity index (χ0v) is 7.67. The SMILES string of the molecule is COC(=O)c1cnc2scnc2c1. The molecule has 4 nitrogen and oxygen atoms in total. The molecule has 0 aromatic carbocycles. The van der Waals surface area contributed by atoms with E-state index in [1.807, 2.05) is 0 Å². The number of carbonyl (C=O) groups is 1. The van der Waals surface area contributed by atoms with Crippen LogP contribution in [0.3, 0.4) is 0 Å². The summed E-state index contributed by atoms with van der Waals surface area (Å²) in [7, 11) is 1.34. The van der Waals surface area contributed by atoms with Gasteiger partial charge in [-0.05, 0) is 6.07 Å². The van der Waals surface area contributed by atoms with Gasteiger partial charge in [-0.15, -0.1) is 11.3 Å². The van der Waals surface area contributed by atoms with Gasteiger partial charge in [-0.1, -0.05) is 0 Å². The van der Waals surface area contributed by atoms with E-state index in [-0.39, 0.29) is 5.97 Å². The van der Waals surface area contributed by atoms with Gasteiger partial charge in [-0.2, -0.15) is 0 Å². The Morgan fingerprint density at radius 3 is 3.15 bits per heavy atom. The molecule has 2 rings (SSSR count). The zero-order chi connectivity index (χ0) is 9.26.